The first-order valence-corrected chi connectivity index (χ1v) is 15.0. The largest absolute Gasteiger partial charge is 0.378 e. The summed E-state index contributed by atoms with van der Waals surface area (Å²) in [6.45, 7) is 1.72. The van der Waals surface area contributed by atoms with Crippen molar-refractivity contribution in [1.82, 2.24) is 25.8 Å². The normalized spacial score (nSPS) is 20.9. The number of hydrogen-bond acceptors (Lipinski definition) is 7. The zero-order valence-electron chi connectivity index (χ0n) is 23.8. The van der Waals surface area contributed by atoms with E-state index in [0.29, 0.717) is 38.1 Å². The number of hydrogen-bond donors (Lipinski definition) is 3. The Labute approximate surface area is 245 Å². The summed E-state index contributed by atoms with van der Waals surface area (Å²) in [6.07, 6.45) is 6.11. The summed E-state index contributed by atoms with van der Waals surface area (Å²) in [5, 5.41) is 9.30. The molecule has 0 bridgehead atoms. The number of morpholine rings is 1. The van der Waals surface area contributed by atoms with Crippen molar-refractivity contribution in [1.29, 1.82) is 0 Å². The van der Waals surface area contributed by atoms with Gasteiger partial charge in [-0.1, -0.05) is 56.4 Å². The fourth-order valence-electron chi connectivity index (χ4n) is 6.14. The Morgan fingerprint density at radius 1 is 0.929 bits per heavy atom. The highest BCUT2D eigenvalue weighted by Gasteiger charge is 2.38. The molecule has 224 valence electrons. The van der Waals surface area contributed by atoms with E-state index in [1.807, 2.05) is 30.3 Å². The first kappa shape index (κ1) is 29.6. The van der Waals surface area contributed by atoms with Gasteiger partial charge in [0, 0.05) is 30.9 Å². The molecule has 3 heterocycles. The maximum absolute atomic E-state index is 13.8. The van der Waals surface area contributed by atoms with Crippen molar-refractivity contribution in [2.24, 2.45) is 11.8 Å². The second-order valence-corrected chi connectivity index (χ2v) is 11.5. The number of aromatic nitrogens is 1. The van der Waals surface area contributed by atoms with Crippen molar-refractivity contribution in [3.8, 4) is 0 Å². The monoisotopic (exact) mass is 577 g/mol. The Kier molecular flexibility index (Phi) is 9.78. The SMILES string of the molecule is O=C(N[C@@H](CC1CCCCC1)C(=O)N[C@@H](C[C@@H]1CCNC1=O)C(=O)C(=O)N1CCOCC1)c1ccc2ccccc2n1. The number of ketones is 1. The van der Waals surface area contributed by atoms with E-state index < -0.39 is 41.5 Å². The number of carbonyl (C=O) groups excluding carboxylic acids is 5. The Balaban J connectivity index is 1.35. The molecule has 11 heteroatoms. The Bertz CT molecular complexity index is 1320. The lowest BCUT2D eigenvalue weighted by molar-refractivity contribution is -0.149. The van der Waals surface area contributed by atoms with E-state index in [9.17, 15) is 24.0 Å². The number of para-hydroxylation sites is 1. The van der Waals surface area contributed by atoms with E-state index in [2.05, 4.69) is 20.9 Å². The molecule has 4 amide bonds. The van der Waals surface area contributed by atoms with Crippen LogP contribution in [0.5, 0.6) is 0 Å². The maximum atomic E-state index is 13.8. The number of nitrogens with zero attached hydrogens (tertiary/aromatic N) is 2. The minimum Gasteiger partial charge on any atom is -0.378 e. The molecule has 0 spiro atoms. The van der Waals surface area contributed by atoms with E-state index in [-0.39, 0.29) is 37.0 Å². The van der Waals surface area contributed by atoms with Crippen LogP contribution < -0.4 is 16.0 Å². The molecule has 1 saturated carbocycles. The number of rotatable bonds is 10. The lowest BCUT2D eigenvalue weighted by Gasteiger charge is -2.30. The van der Waals surface area contributed by atoms with Gasteiger partial charge in [0.05, 0.1) is 24.8 Å². The van der Waals surface area contributed by atoms with Crippen LogP contribution in [0.1, 0.15) is 61.9 Å². The molecule has 3 aliphatic rings. The van der Waals surface area contributed by atoms with Crippen LogP contribution in [0.3, 0.4) is 0 Å². The number of fused-ring (bicyclic) bond motifs is 1. The lowest BCUT2D eigenvalue weighted by Crippen LogP contribution is -2.56. The molecule has 1 aliphatic carbocycles. The smallest absolute Gasteiger partial charge is 0.292 e. The summed E-state index contributed by atoms with van der Waals surface area (Å²) in [6, 6.07) is 8.78. The summed E-state index contributed by atoms with van der Waals surface area (Å²) in [4.78, 5) is 72.0. The minimum atomic E-state index is -1.19. The highest BCUT2D eigenvalue weighted by molar-refractivity contribution is 6.38. The molecule has 2 saturated heterocycles. The van der Waals surface area contributed by atoms with Crippen LogP contribution in [0.15, 0.2) is 36.4 Å². The molecule has 0 radical (unpaired) electrons. The fourth-order valence-corrected chi connectivity index (χ4v) is 6.14. The molecule has 1 aromatic heterocycles. The number of carbonyl (C=O) groups is 5. The van der Waals surface area contributed by atoms with Crippen LogP contribution in [0.4, 0.5) is 0 Å². The Morgan fingerprint density at radius 2 is 1.69 bits per heavy atom. The molecule has 0 unspecified atom stereocenters. The zero-order chi connectivity index (χ0) is 29.5. The van der Waals surface area contributed by atoms with Crippen LogP contribution in [0.2, 0.25) is 0 Å². The molecular weight excluding hydrogens is 538 g/mol. The van der Waals surface area contributed by atoms with Gasteiger partial charge < -0.3 is 25.6 Å². The van der Waals surface area contributed by atoms with E-state index in [4.69, 9.17) is 4.74 Å². The molecule has 42 heavy (non-hydrogen) atoms. The predicted molar refractivity (Wildman–Crippen MR) is 154 cm³/mol. The third-order valence-electron chi connectivity index (χ3n) is 8.57. The van der Waals surface area contributed by atoms with Gasteiger partial charge in [0.25, 0.3) is 11.8 Å². The summed E-state index contributed by atoms with van der Waals surface area (Å²) in [7, 11) is 0. The number of nitrogens with one attached hydrogen (secondary N) is 3. The molecule has 3 fully saturated rings. The lowest BCUT2D eigenvalue weighted by atomic mass is 9.84. The molecule has 2 aliphatic heterocycles. The number of amides is 4. The van der Waals surface area contributed by atoms with E-state index >= 15 is 0 Å². The van der Waals surface area contributed by atoms with Gasteiger partial charge >= 0.3 is 0 Å². The van der Waals surface area contributed by atoms with Crippen molar-refractivity contribution in [3.05, 3.63) is 42.1 Å². The van der Waals surface area contributed by atoms with Gasteiger partial charge in [-0.15, -0.1) is 0 Å². The van der Waals surface area contributed by atoms with E-state index in [0.717, 1.165) is 37.5 Å². The summed E-state index contributed by atoms with van der Waals surface area (Å²) in [5.41, 5.74) is 0.855. The van der Waals surface area contributed by atoms with Crippen molar-refractivity contribution >= 4 is 40.3 Å². The van der Waals surface area contributed by atoms with Gasteiger partial charge in [0.1, 0.15) is 11.7 Å². The van der Waals surface area contributed by atoms with Gasteiger partial charge in [-0.05, 0) is 37.3 Å². The van der Waals surface area contributed by atoms with Crippen molar-refractivity contribution in [2.45, 2.75) is 63.5 Å². The topological polar surface area (TPSA) is 147 Å². The van der Waals surface area contributed by atoms with E-state index in [1.165, 1.54) is 4.90 Å². The van der Waals surface area contributed by atoms with Crippen LogP contribution in [-0.4, -0.2) is 84.2 Å². The average Bonchev–Trinajstić information content (AvgIpc) is 3.44. The average molecular weight is 578 g/mol. The third kappa shape index (κ3) is 7.31. The Morgan fingerprint density at radius 3 is 2.43 bits per heavy atom. The summed E-state index contributed by atoms with van der Waals surface area (Å²) < 4.78 is 5.30. The van der Waals surface area contributed by atoms with Crippen LogP contribution in [-0.2, 0) is 23.9 Å². The highest BCUT2D eigenvalue weighted by atomic mass is 16.5. The van der Waals surface area contributed by atoms with E-state index in [1.54, 1.807) is 6.07 Å². The van der Waals surface area contributed by atoms with Gasteiger partial charge in [0.2, 0.25) is 17.6 Å². The van der Waals surface area contributed by atoms with Crippen LogP contribution >= 0.6 is 0 Å². The number of Topliss-reactive ketones (excluding diaryl/α,β-unsaturated/α-hetero) is 1. The zero-order valence-corrected chi connectivity index (χ0v) is 23.8. The third-order valence-corrected chi connectivity index (χ3v) is 8.57. The molecule has 2 aromatic rings. The standard InChI is InChI=1S/C31H39N5O6/c37-27(31(41)36-14-16-42-17-15-36)25(19-22-12-13-32-28(22)38)34-30(40)26(18-20-6-2-1-3-7-20)35-29(39)24-11-10-21-8-4-5-9-23(21)33-24/h4-5,8-11,20,22,25-26H,1-3,6-7,12-19H2,(H,32,38)(H,34,40)(H,35,39)/t22-,25-,26-/m0/s1. The first-order valence-electron chi connectivity index (χ1n) is 15.0. The molecule has 11 nitrogen and oxygen atoms in total. The molecule has 3 atom stereocenters. The highest BCUT2D eigenvalue weighted by Crippen LogP contribution is 2.28. The van der Waals surface area contributed by atoms with Gasteiger partial charge in [0.15, 0.2) is 0 Å². The number of benzene rings is 1. The molecular formula is C31H39N5O6. The van der Waals surface area contributed by atoms with Crippen molar-refractivity contribution < 1.29 is 28.7 Å². The minimum absolute atomic E-state index is 0.0167. The van der Waals surface area contributed by atoms with Crippen LogP contribution in [0, 0.1) is 11.8 Å². The predicted octanol–water partition coefficient (Wildman–Crippen LogP) is 1.74. The fraction of sp³-hybridized carbons (Fsp3) is 0.548. The summed E-state index contributed by atoms with van der Waals surface area (Å²) in [5.74, 6) is -2.94. The molecule has 1 aromatic carbocycles. The van der Waals surface area contributed by atoms with Crippen molar-refractivity contribution in [3.63, 3.8) is 0 Å². The first-order chi connectivity index (χ1) is 20.4. The van der Waals surface area contributed by atoms with Gasteiger partial charge in [-0.3, -0.25) is 24.0 Å². The van der Waals surface area contributed by atoms with Crippen LogP contribution in [0.25, 0.3) is 10.9 Å². The number of pyridine rings is 1. The van der Waals surface area contributed by atoms with Crippen molar-refractivity contribution in [2.75, 3.05) is 32.8 Å². The Hall–Kier alpha value is -3.86. The molecule has 3 N–H and O–H groups in total. The van der Waals surface area contributed by atoms with Gasteiger partial charge in [-0.25, -0.2) is 4.98 Å². The second kappa shape index (κ2) is 13.9. The summed E-state index contributed by atoms with van der Waals surface area (Å²) >= 11 is 0. The van der Waals surface area contributed by atoms with Gasteiger partial charge in [-0.2, -0.15) is 0 Å². The molecule has 5 rings (SSSR count). The maximum Gasteiger partial charge on any atom is 0.292 e. The second-order valence-electron chi connectivity index (χ2n) is 11.5. The quantitative estimate of drug-likeness (QED) is 0.365. The number of ether oxygens (including phenoxy) is 1.